The lowest BCUT2D eigenvalue weighted by Gasteiger charge is -2.32. The Balaban J connectivity index is 1.05. The highest BCUT2D eigenvalue weighted by molar-refractivity contribution is 6.00. The minimum atomic E-state index is -0.289. The van der Waals surface area contributed by atoms with Gasteiger partial charge in [-0.25, -0.2) is 0 Å². The van der Waals surface area contributed by atoms with Crippen LogP contribution in [0.5, 0.6) is 0 Å². The standard InChI is InChI=1S/C27H33N7O3/c1-18(2)34-23-17-32(13-10-20(23)15-28-34)27-29-25(37-30-27)19-8-11-31(12-9-19)26(36)21-14-24(35)33(16-21)22-6-4-3-5-7-22/h3-7,15,18-19,21H,8-14,16-17H2,1-2H3. The summed E-state index contributed by atoms with van der Waals surface area (Å²) in [4.78, 5) is 36.3. The Kier molecular flexibility index (Phi) is 6.18. The summed E-state index contributed by atoms with van der Waals surface area (Å²) in [5.74, 6) is 1.21. The highest BCUT2D eigenvalue weighted by Crippen LogP contribution is 2.32. The van der Waals surface area contributed by atoms with Crippen LogP contribution < -0.4 is 9.80 Å². The summed E-state index contributed by atoms with van der Waals surface area (Å²) >= 11 is 0. The molecule has 2 aromatic heterocycles. The Morgan fingerprint density at radius 3 is 2.65 bits per heavy atom. The van der Waals surface area contributed by atoms with Crippen LogP contribution in [0.2, 0.25) is 0 Å². The van der Waals surface area contributed by atoms with E-state index in [-0.39, 0.29) is 30.1 Å². The number of aromatic nitrogens is 4. The Hall–Kier alpha value is -3.69. The third kappa shape index (κ3) is 4.49. The molecule has 0 spiro atoms. The summed E-state index contributed by atoms with van der Waals surface area (Å²) in [7, 11) is 0. The summed E-state index contributed by atoms with van der Waals surface area (Å²) in [5, 5.41) is 8.85. The van der Waals surface area contributed by atoms with Gasteiger partial charge >= 0.3 is 0 Å². The highest BCUT2D eigenvalue weighted by Gasteiger charge is 2.38. The van der Waals surface area contributed by atoms with Crippen LogP contribution in [0, 0.1) is 5.92 Å². The molecule has 0 radical (unpaired) electrons. The first-order chi connectivity index (χ1) is 18.0. The molecule has 0 N–H and O–H groups in total. The number of carbonyl (C=O) groups excluding carboxylic acids is 2. The predicted molar refractivity (Wildman–Crippen MR) is 137 cm³/mol. The highest BCUT2D eigenvalue weighted by atomic mass is 16.5. The van der Waals surface area contributed by atoms with Gasteiger partial charge in [-0.2, -0.15) is 10.1 Å². The number of nitrogens with zero attached hydrogens (tertiary/aromatic N) is 7. The monoisotopic (exact) mass is 503 g/mol. The van der Waals surface area contributed by atoms with Crippen molar-refractivity contribution in [3.63, 3.8) is 0 Å². The number of rotatable bonds is 5. The fraction of sp³-hybridized carbons (Fsp3) is 0.519. The molecule has 0 saturated carbocycles. The van der Waals surface area contributed by atoms with Gasteiger partial charge in [0.1, 0.15) is 0 Å². The molecule has 6 rings (SSSR count). The van der Waals surface area contributed by atoms with Crippen LogP contribution in [0.15, 0.2) is 41.1 Å². The number of anilines is 2. The average molecular weight is 504 g/mol. The van der Waals surface area contributed by atoms with E-state index in [1.807, 2.05) is 41.4 Å². The van der Waals surface area contributed by atoms with Crippen LogP contribution in [-0.2, 0) is 22.6 Å². The molecule has 1 unspecified atom stereocenters. The average Bonchev–Trinajstić information content (AvgIpc) is 3.67. The summed E-state index contributed by atoms with van der Waals surface area (Å²) in [6, 6.07) is 9.88. The normalized spacial score (nSPS) is 20.7. The molecule has 2 fully saturated rings. The van der Waals surface area contributed by atoms with Gasteiger partial charge in [0.25, 0.3) is 5.95 Å². The molecule has 2 amide bonds. The molecule has 3 aromatic rings. The first-order valence-electron chi connectivity index (χ1n) is 13.3. The molecule has 10 nitrogen and oxygen atoms in total. The van der Waals surface area contributed by atoms with Crippen molar-refractivity contribution in [1.82, 2.24) is 24.8 Å². The molecular formula is C27H33N7O3. The Morgan fingerprint density at radius 2 is 1.89 bits per heavy atom. The van der Waals surface area contributed by atoms with Gasteiger partial charge in [-0.15, -0.1) is 0 Å². The third-order valence-corrected chi connectivity index (χ3v) is 7.88. The second kappa shape index (κ2) is 9.64. The summed E-state index contributed by atoms with van der Waals surface area (Å²) < 4.78 is 7.77. The van der Waals surface area contributed by atoms with Gasteiger partial charge in [-0.05, 0) is 56.0 Å². The lowest BCUT2D eigenvalue weighted by Crippen LogP contribution is -2.42. The van der Waals surface area contributed by atoms with E-state index in [9.17, 15) is 9.59 Å². The number of piperidine rings is 1. The molecule has 3 aliphatic rings. The number of carbonyl (C=O) groups is 2. The second-order valence-electron chi connectivity index (χ2n) is 10.6. The largest absolute Gasteiger partial charge is 0.342 e. The molecular weight excluding hydrogens is 470 g/mol. The number of fused-ring (bicyclic) bond motifs is 1. The topological polar surface area (TPSA) is 101 Å². The van der Waals surface area contributed by atoms with E-state index in [4.69, 9.17) is 9.51 Å². The second-order valence-corrected chi connectivity index (χ2v) is 10.6. The quantitative estimate of drug-likeness (QED) is 0.527. The molecule has 37 heavy (non-hydrogen) atoms. The van der Waals surface area contributed by atoms with Crippen LogP contribution in [-0.4, -0.2) is 62.8 Å². The van der Waals surface area contributed by atoms with E-state index in [1.54, 1.807) is 4.90 Å². The van der Waals surface area contributed by atoms with Crippen LogP contribution in [0.4, 0.5) is 11.6 Å². The zero-order chi connectivity index (χ0) is 25.5. The zero-order valence-corrected chi connectivity index (χ0v) is 21.4. The molecule has 2 saturated heterocycles. The minimum absolute atomic E-state index is 0.0131. The molecule has 0 bridgehead atoms. The molecule has 3 aliphatic heterocycles. The van der Waals surface area contributed by atoms with Gasteiger partial charge in [0.05, 0.1) is 24.4 Å². The number of amides is 2. The Labute approximate surface area is 216 Å². The lowest BCUT2D eigenvalue weighted by atomic mass is 9.95. The van der Waals surface area contributed by atoms with Crippen LogP contribution >= 0.6 is 0 Å². The van der Waals surface area contributed by atoms with Crippen molar-refractivity contribution in [2.24, 2.45) is 5.92 Å². The number of hydrogen-bond acceptors (Lipinski definition) is 7. The maximum atomic E-state index is 13.2. The lowest BCUT2D eigenvalue weighted by molar-refractivity contribution is -0.136. The van der Waals surface area contributed by atoms with Gasteiger partial charge in [0, 0.05) is 50.2 Å². The molecule has 1 atom stereocenters. The third-order valence-electron chi connectivity index (χ3n) is 7.88. The fourth-order valence-electron chi connectivity index (χ4n) is 5.79. The smallest absolute Gasteiger partial charge is 0.266 e. The van der Waals surface area contributed by atoms with Gasteiger partial charge in [-0.1, -0.05) is 18.2 Å². The predicted octanol–water partition coefficient (Wildman–Crippen LogP) is 3.17. The van der Waals surface area contributed by atoms with Crippen molar-refractivity contribution in [3.8, 4) is 0 Å². The zero-order valence-electron chi connectivity index (χ0n) is 21.4. The molecule has 0 aliphatic carbocycles. The van der Waals surface area contributed by atoms with Crippen LogP contribution in [0.25, 0.3) is 0 Å². The van der Waals surface area contributed by atoms with Crippen molar-refractivity contribution in [3.05, 3.63) is 53.7 Å². The van der Waals surface area contributed by atoms with Crippen molar-refractivity contribution in [2.45, 2.75) is 58.0 Å². The van der Waals surface area contributed by atoms with Crippen molar-refractivity contribution in [1.29, 1.82) is 0 Å². The Morgan fingerprint density at radius 1 is 1.11 bits per heavy atom. The van der Waals surface area contributed by atoms with Gasteiger partial charge < -0.3 is 19.2 Å². The van der Waals surface area contributed by atoms with Gasteiger partial charge in [0.2, 0.25) is 17.7 Å². The van der Waals surface area contributed by atoms with Crippen LogP contribution in [0.1, 0.15) is 62.2 Å². The molecule has 194 valence electrons. The number of para-hydroxylation sites is 1. The van der Waals surface area contributed by atoms with Crippen molar-refractivity contribution >= 4 is 23.5 Å². The minimum Gasteiger partial charge on any atom is -0.342 e. The summed E-state index contributed by atoms with van der Waals surface area (Å²) in [6.45, 7) is 7.55. The van der Waals surface area contributed by atoms with E-state index in [0.717, 1.165) is 38.0 Å². The van der Waals surface area contributed by atoms with Crippen molar-refractivity contribution < 1.29 is 14.1 Å². The number of likely N-dealkylation sites (tertiary alicyclic amines) is 1. The van der Waals surface area contributed by atoms with E-state index >= 15 is 0 Å². The SMILES string of the molecule is CC(C)n1ncc2c1CN(c1noc(C3CCN(C(=O)C4CC(=O)N(c5ccccc5)C4)CC3)n1)CC2. The first kappa shape index (κ1) is 23.7. The molecule has 5 heterocycles. The maximum absolute atomic E-state index is 13.2. The molecule has 1 aromatic carbocycles. The molecule has 10 heteroatoms. The van der Waals surface area contributed by atoms with Crippen LogP contribution in [0.3, 0.4) is 0 Å². The van der Waals surface area contributed by atoms with E-state index < -0.39 is 0 Å². The summed E-state index contributed by atoms with van der Waals surface area (Å²) in [5.41, 5.74) is 3.37. The Bertz CT molecular complexity index is 1280. The van der Waals surface area contributed by atoms with Crippen molar-refractivity contribution in [2.75, 3.05) is 36.0 Å². The number of hydrogen-bond donors (Lipinski definition) is 0. The fourth-order valence-corrected chi connectivity index (χ4v) is 5.79. The van der Waals surface area contributed by atoms with E-state index in [1.165, 1.54) is 11.3 Å². The first-order valence-corrected chi connectivity index (χ1v) is 13.3. The summed E-state index contributed by atoms with van der Waals surface area (Å²) in [6.07, 6.45) is 4.72. The van der Waals surface area contributed by atoms with E-state index in [2.05, 4.69) is 33.7 Å². The van der Waals surface area contributed by atoms with Gasteiger partial charge in [-0.3, -0.25) is 14.3 Å². The maximum Gasteiger partial charge on any atom is 0.266 e. The van der Waals surface area contributed by atoms with E-state index in [0.29, 0.717) is 37.5 Å². The number of benzene rings is 1. The van der Waals surface area contributed by atoms with Gasteiger partial charge in [0.15, 0.2) is 0 Å².